The highest BCUT2D eigenvalue weighted by molar-refractivity contribution is 9.10. The zero-order valence-corrected chi connectivity index (χ0v) is 37.7. The Kier molecular flexibility index (Phi) is 16.0. The van der Waals surface area contributed by atoms with E-state index in [1.807, 2.05) is 159 Å². The standard InChI is InChI=1S/C24H27NO3.C21H22BrNO3.C3H7BO2/c1-6-7-17-8-9-19-15-25(22(26)21(19)14-17)20-12-10-18(11-13-20)16(2)23(27)28-24(3,4)5;1-13(20(25)26-21(2,3)4)14-6-9-17(10-7-14)23-12-15-5-8-16(22)11-18(15)19(23)24;1-2-3-4(5)6/h6-14,16H,15H2,1-5H3;5-11,13H,12H2,1-4H3;2-3,5-6H,1H3/b;;3-2-. The second-order valence-electron chi connectivity index (χ2n) is 16.6. The third-order valence-electron chi connectivity index (χ3n) is 9.47. The molecule has 4 aromatic rings. The van der Waals surface area contributed by atoms with Gasteiger partial charge in [0.1, 0.15) is 11.2 Å². The van der Waals surface area contributed by atoms with Crippen molar-refractivity contribution < 1.29 is 38.7 Å². The van der Waals surface area contributed by atoms with Crippen molar-refractivity contribution in [2.45, 2.75) is 105 Å². The summed E-state index contributed by atoms with van der Waals surface area (Å²) in [6, 6.07) is 26.9. The van der Waals surface area contributed by atoms with Crippen LogP contribution in [0.3, 0.4) is 0 Å². The fraction of sp³-hybridized carbons (Fsp3) is 0.333. The molecule has 60 heavy (non-hydrogen) atoms. The van der Waals surface area contributed by atoms with Crippen LogP contribution in [0.5, 0.6) is 0 Å². The summed E-state index contributed by atoms with van der Waals surface area (Å²) in [6.45, 7) is 19.6. The molecule has 0 spiro atoms. The number of allylic oxidation sites excluding steroid dienone is 2. The second kappa shape index (κ2) is 20.3. The number of benzene rings is 4. The summed E-state index contributed by atoms with van der Waals surface area (Å²) in [5.74, 6) is 0.0681. The molecule has 0 saturated heterocycles. The van der Waals surface area contributed by atoms with Gasteiger partial charge in [-0.25, -0.2) is 0 Å². The predicted molar refractivity (Wildman–Crippen MR) is 243 cm³/mol. The average molecular weight is 880 g/mol. The number of hydrogen-bond donors (Lipinski definition) is 2. The van der Waals surface area contributed by atoms with E-state index in [1.54, 1.807) is 22.8 Å². The Balaban J connectivity index is 0.000000234. The molecular weight excluding hydrogens is 823 g/mol. The number of fused-ring (bicyclic) bond motifs is 2. The molecule has 0 saturated carbocycles. The Labute approximate surface area is 363 Å². The normalized spacial score (nSPS) is 14.5. The Morgan fingerprint density at radius 1 is 0.667 bits per heavy atom. The summed E-state index contributed by atoms with van der Waals surface area (Å²) < 4.78 is 11.8. The van der Waals surface area contributed by atoms with Gasteiger partial charge in [0.05, 0.1) is 24.9 Å². The van der Waals surface area contributed by atoms with E-state index < -0.39 is 18.3 Å². The number of nitrogens with zero attached hydrogens (tertiary/aromatic N) is 2. The highest BCUT2D eigenvalue weighted by atomic mass is 79.9. The maximum absolute atomic E-state index is 12.9. The largest absolute Gasteiger partial charge is 0.480 e. The van der Waals surface area contributed by atoms with E-state index in [2.05, 4.69) is 15.9 Å². The number of ether oxygens (including phenoxy) is 2. The lowest BCUT2D eigenvalue weighted by molar-refractivity contribution is -0.157. The molecule has 2 aliphatic rings. The van der Waals surface area contributed by atoms with E-state index in [1.165, 1.54) is 5.98 Å². The fourth-order valence-electron chi connectivity index (χ4n) is 6.42. The van der Waals surface area contributed by atoms with Gasteiger partial charge in [-0.1, -0.05) is 82.6 Å². The summed E-state index contributed by atoms with van der Waals surface area (Å²) in [7, 11) is -1.28. The van der Waals surface area contributed by atoms with Crippen LogP contribution >= 0.6 is 15.9 Å². The van der Waals surface area contributed by atoms with E-state index in [0.29, 0.717) is 13.1 Å². The zero-order chi connectivity index (χ0) is 44.5. The number of rotatable bonds is 8. The molecule has 2 aliphatic heterocycles. The molecule has 0 fully saturated rings. The van der Waals surface area contributed by atoms with Crippen molar-refractivity contribution in [3.05, 3.63) is 146 Å². The van der Waals surface area contributed by atoms with Crippen molar-refractivity contribution in [3.8, 4) is 0 Å². The molecule has 2 amide bonds. The molecule has 0 aromatic heterocycles. The van der Waals surface area contributed by atoms with Gasteiger partial charge in [0.25, 0.3) is 11.8 Å². The molecule has 2 unspecified atom stereocenters. The number of carbonyl (C=O) groups excluding carboxylic acids is 4. The minimum absolute atomic E-state index is 0.00533. The number of anilines is 2. The number of hydrogen-bond acceptors (Lipinski definition) is 8. The summed E-state index contributed by atoms with van der Waals surface area (Å²) in [6.07, 6.45) is 5.53. The Morgan fingerprint density at radius 3 is 1.45 bits per heavy atom. The molecule has 10 nitrogen and oxygen atoms in total. The Bertz CT molecular complexity index is 2220. The van der Waals surface area contributed by atoms with Crippen molar-refractivity contribution in [3.63, 3.8) is 0 Å². The first-order valence-electron chi connectivity index (χ1n) is 19.9. The van der Waals surface area contributed by atoms with Gasteiger partial charge in [0, 0.05) is 27.0 Å². The van der Waals surface area contributed by atoms with Crippen LogP contribution in [0.2, 0.25) is 0 Å². The van der Waals surface area contributed by atoms with Gasteiger partial charge in [0.15, 0.2) is 0 Å². The smallest absolute Gasteiger partial charge is 0.460 e. The first kappa shape index (κ1) is 47.4. The molecule has 0 radical (unpaired) electrons. The van der Waals surface area contributed by atoms with E-state index in [-0.39, 0.29) is 35.6 Å². The Morgan fingerprint density at radius 2 is 1.08 bits per heavy atom. The molecule has 6 rings (SSSR count). The van der Waals surface area contributed by atoms with Crippen molar-refractivity contribution in [2.24, 2.45) is 0 Å². The first-order valence-corrected chi connectivity index (χ1v) is 20.7. The third-order valence-corrected chi connectivity index (χ3v) is 9.96. The van der Waals surface area contributed by atoms with Crippen molar-refractivity contribution >= 4 is 64.3 Å². The van der Waals surface area contributed by atoms with Crippen LogP contribution in [-0.4, -0.2) is 52.1 Å². The molecule has 2 atom stereocenters. The first-order chi connectivity index (χ1) is 28.1. The molecule has 2 heterocycles. The van der Waals surface area contributed by atoms with E-state index in [4.69, 9.17) is 19.5 Å². The van der Waals surface area contributed by atoms with Gasteiger partial charge in [0.2, 0.25) is 0 Å². The quantitative estimate of drug-likeness (QED) is 0.132. The average Bonchev–Trinajstić information content (AvgIpc) is 3.68. The van der Waals surface area contributed by atoms with Crippen LogP contribution in [-0.2, 0) is 32.2 Å². The van der Waals surface area contributed by atoms with Crippen LogP contribution in [0.1, 0.15) is 130 Å². The topological polar surface area (TPSA) is 134 Å². The van der Waals surface area contributed by atoms with Crippen molar-refractivity contribution in [1.82, 2.24) is 0 Å². The van der Waals surface area contributed by atoms with Crippen molar-refractivity contribution in [1.29, 1.82) is 0 Å². The minimum Gasteiger partial charge on any atom is -0.460 e. The SMILES string of the molecule is C/C=C\B(O)O.CC(C(=O)OC(C)(C)C)c1ccc(N2Cc3ccc(Br)cc3C2=O)cc1.CC=Cc1ccc2c(c1)C(=O)N(c1ccc(C(C)C(=O)OC(C)(C)C)cc1)C2. The van der Waals surface area contributed by atoms with Gasteiger partial charge in [-0.15, -0.1) is 0 Å². The van der Waals surface area contributed by atoms with Crippen LogP contribution < -0.4 is 9.80 Å². The monoisotopic (exact) mass is 878 g/mol. The number of halogens is 1. The summed E-state index contributed by atoms with van der Waals surface area (Å²) >= 11 is 3.41. The summed E-state index contributed by atoms with van der Waals surface area (Å²) in [4.78, 5) is 53.6. The van der Waals surface area contributed by atoms with Crippen molar-refractivity contribution in [2.75, 3.05) is 9.80 Å². The fourth-order valence-corrected chi connectivity index (χ4v) is 6.78. The number of amides is 2. The summed E-state index contributed by atoms with van der Waals surface area (Å²) in [5, 5.41) is 16.0. The highest BCUT2D eigenvalue weighted by Crippen LogP contribution is 2.33. The van der Waals surface area contributed by atoms with Crippen LogP contribution in [0.15, 0.2) is 108 Å². The van der Waals surface area contributed by atoms with Gasteiger partial charge in [-0.3, -0.25) is 19.2 Å². The number of esters is 2. The molecule has 4 aromatic carbocycles. The highest BCUT2D eigenvalue weighted by Gasteiger charge is 2.31. The van der Waals surface area contributed by atoms with Gasteiger partial charge in [-0.05, 0) is 140 Å². The second-order valence-corrected chi connectivity index (χ2v) is 17.5. The van der Waals surface area contributed by atoms with Crippen LogP contribution in [0, 0.1) is 0 Å². The molecule has 0 aliphatic carbocycles. The predicted octanol–water partition coefficient (Wildman–Crippen LogP) is 9.95. The van der Waals surface area contributed by atoms with E-state index in [0.717, 1.165) is 54.8 Å². The maximum atomic E-state index is 12.9. The van der Waals surface area contributed by atoms with Gasteiger partial charge < -0.3 is 29.3 Å². The van der Waals surface area contributed by atoms with Gasteiger partial charge >= 0.3 is 19.1 Å². The van der Waals surface area contributed by atoms with Crippen LogP contribution in [0.4, 0.5) is 11.4 Å². The zero-order valence-electron chi connectivity index (χ0n) is 36.2. The molecule has 12 heteroatoms. The minimum atomic E-state index is -1.28. The molecule has 316 valence electrons. The van der Waals surface area contributed by atoms with Gasteiger partial charge in [-0.2, -0.15) is 0 Å². The summed E-state index contributed by atoms with van der Waals surface area (Å²) in [5.41, 5.74) is 6.93. The lowest BCUT2D eigenvalue weighted by Gasteiger charge is -2.23. The maximum Gasteiger partial charge on any atom is 0.480 e. The molecule has 2 N–H and O–H groups in total. The lowest BCUT2D eigenvalue weighted by Crippen LogP contribution is -2.27. The third kappa shape index (κ3) is 12.9. The molecule has 0 bridgehead atoms. The number of carbonyl (C=O) groups is 4. The van der Waals surface area contributed by atoms with Crippen LogP contribution in [0.25, 0.3) is 6.08 Å². The Hall–Kier alpha value is -5.30. The lowest BCUT2D eigenvalue weighted by atomic mass is 9.92. The molecular formula is C48H56BBrN2O8. The van der Waals surface area contributed by atoms with E-state index in [9.17, 15) is 19.2 Å². The van der Waals surface area contributed by atoms with E-state index >= 15 is 0 Å².